The molecule has 0 fully saturated rings. The van der Waals surface area contributed by atoms with Crippen LogP contribution in [0.25, 0.3) is 5.69 Å². The molecule has 0 bridgehead atoms. The molecule has 0 unspecified atom stereocenters. The van der Waals surface area contributed by atoms with Gasteiger partial charge in [-0.15, -0.1) is 0 Å². The molecule has 2 aromatic carbocycles. The number of carbonyl (C=O) groups excluding carboxylic acids is 2. The van der Waals surface area contributed by atoms with Gasteiger partial charge < -0.3 is 5.32 Å². The van der Waals surface area contributed by atoms with E-state index >= 15 is 0 Å². The summed E-state index contributed by atoms with van der Waals surface area (Å²) in [6.45, 7) is 2.11. The summed E-state index contributed by atoms with van der Waals surface area (Å²) in [6, 6.07) is 15.4. The number of nitrogens with zero attached hydrogens (tertiary/aromatic N) is 2. The second kappa shape index (κ2) is 9.19. The van der Waals surface area contributed by atoms with Crippen molar-refractivity contribution in [2.24, 2.45) is 0 Å². The third-order valence-corrected chi connectivity index (χ3v) is 4.39. The van der Waals surface area contributed by atoms with E-state index in [4.69, 9.17) is 11.6 Å². The molecule has 3 rings (SSSR count). The number of hydrogen-bond acceptors (Lipinski definition) is 3. The zero-order chi connectivity index (χ0) is 19.9. The lowest BCUT2D eigenvalue weighted by atomic mass is 10.2. The molecule has 0 saturated carbocycles. The van der Waals surface area contributed by atoms with Crippen LogP contribution in [0.1, 0.15) is 35.8 Å². The quantitative estimate of drug-likeness (QED) is 0.530. The highest BCUT2D eigenvalue weighted by Crippen LogP contribution is 2.20. The average molecular weight is 397 g/mol. The first-order valence-electron chi connectivity index (χ1n) is 9.07. The van der Waals surface area contributed by atoms with Crippen molar-refractivity contribution in [3.05, 3.63) is 70.9 Å². The Morgan fingerprint density at radius 3 is 2.64 bits per heavy atom. The first-order valence-corrected chi connectivity index (χ1v) is 9.45. The van der Waals surface area contributed by atoms with E-state index in [1.165, 1.54) is 0 Å². The van der Waals surface area contributed by atoms with E-state index in [1.807, 2.05) is 12.1 Å². The monoisotopic (exact) mass is 396 g/mol. The zero-order valence-corrected chi connectivity index (χ0v) is 16.2. The number of urea groups is 1. The van der Waals surface area contributed by atoms with Crippen LogP contribution in [0.2, 0.25) is 5.02 Å². The van der Waals surface area contributed by atoms with Crippen LogP contribution in [0.15, 0.2) is 54.6 Å². The van der Waals surface area contributed by atoms with E-state index in [-0.39, 0.29) is 0 Å². The standard InChI is InChI=1S/C21H21ClN4O2/c1-2-3-6-18-13-20(24-21(28)23-17-10-8-16(22)9-11-17)26(25-18)19-7-4-5-15(12-19)14-27/h4-5,7-14H,2-3,6H2,1H3,(H2,23,24,28). The Morgan fingerprint density at radius 1 is 1.14 bits per heavy atom. The fourth-order valence-electron chi connectivity index (χ4n) is 2.74. The number of aromatic nitrogens is 2. The van der Waals surface area contributed by atoms with Crippen molar-refractivity contribution >= 4 is 35.4 Å². The van der Waals surface area contributed by atoms with Crippen molar-refractivity contribution < 1.29 is 9.59 Å². The summed E-state index contributed by atoms with van der Waals surface area (Å²) >= 11 is 5.87. The lowest BCUT2D eigenvalue weighted by molar-refractivity contribution is 0.112. The molecule has 2 amide bonds. The second-order valence-corrected chi connectivity index (χ2v) is 6.77. The molecule has 0 aliphatic heterocycles. The number of benzene rings is 2. The molecule has 2 N–H and O–H groups in total. The molecule has 0 radical (unpaired) electrons. The average Bonchev–Trinajstić information content (AvgIpc) is 3.10. The van der Waals surface area contributed by atoms with Gasteiger partial charge in [-0.05, 0) is 49.2 Å². The number of nitrogens with one attached hydrogen (secondary N) is 2. The summed E-state index contributed by atoms with van der Waals surface area (Å²) in [4.78, 5) is 23.6. The second-order valence-electron chi connectivity index (χ2n) is 6.34. The molecule has 6 nitrogen and oxygen atoms in total. The number of hydrogen-bond donors (Lipinski definition) is 2. The van der Waals surface area contributed by atoms with Gasteiger partial charge >= 0.3 is 6.03 Å². The Balaban J connectivity index is 1.85. The maximum atomic E-state index is 12.4. The first kappa shape index (κ1) is 19.6. The van der Waals surface area contributed by atoms with E-state index in [2.05, 4.69) is 22.7 Å². The topological polar surface area (TPSA) is 76.0 Å². The Labute approximate surface area is 168 Å². The van der Waals surface area contributed by atoms with Gasteiger partial charge in [0.25, 0.3) is 0 Å². The number of carbonyl (C=O) groups is 2. The predicted molar refractivity (Wildman–Crippen MR) is 112 cm³/mol. The van der Waals surface area contributed by atoms with Gasteiger partial charge in [0.05, 0.1) is 11.4 Å². The van der Waals surface area contributed by atoms with E-state index in [9.17, 15) is 9.59 Å². The number of aryl methyl sites for hydroxylation is 1. The van der Waals surface area contributed by atoms with Crippen molar-refractivity contribution in [1.29, 1.82) is 0 Å². The smallest absolute Gasteiger partial charge is 0.308 e. The van der Waals surface area contributed by atoms with Gasteiger partial charge in [-0.2, -0.15) is 5.10 Å². The lowest BCUT2D eigenvalue weighted by Gasteiger charge is -2.10. The molecule has 0 spiro atoms. The molecule has 7 heteroatoms. The summed E-state index contributed by atoms with van der Waals surface area (Å²) in [7, 11) is 0. The summed E-state index contributed by atoms with van der Waals surface area (Å²) < 4.78 is 1.64. The first-order chi connectivity index (χ1) is 13.6. The predicted octanol–water partition coefficient (Wildman–Crippen LogP) is 5.32. The van der Waals surface area contributed by atoms with Crippen molar-refractivity contribution in [1.82, 2.24) is 9.78 Å². The Hall–Kier alpha value is -3.12. The highest BCUT2D eigenvalue weighted by molar-refractivity contribution is 6.30. The Morgan fingerprint density at radius 2 is 1.93 bits per heavy atom. The maximum absolute atomic E-state index is 12.4. The van der Waals surface area contributed by atoms with Gasteiger partial charge in [-0.25, -0.2) is 9.48 Å². The molecule has 28 heavy (non-hydrogen) atoms. The SMILES string of the molecule is CCCCc1cc(NC(=O)Nc2ccc(Cl)cc2)n(-c2cccc(C=O)c2)n1. The fourth-order valence-corrected chi connectivity index (χ4v) is 2.86. The summed E-state index contributed by atoms with van der Waals surface area (Å²) in [5, 5.41) is 10.8. The van der Waals surface area contributed by atoms with E-state index < -0.39 is 6.03 Å². The normalized spacial score (nSPS) is 10.5. The van der Waals surface area contributed by atoms with Crippen LogP contribution in [0, 0.1) is 0 Å². The van der Waals surface area contributed by atoms with E-state index in [0.717, 1.165) is 31.2 Å². The summed E-state index contributed by atoms with van der Waals surface area (Å²) in [5.41, 5.74) is 2.75. The van der Waals surface area contributed by atoms with Crippen LogP contribution >= 0.6 is 11.6 Å². The third-order valence-electron chi connectivity index (χ3n) is 4.14. The molecule has 0 saturated heterocycles. The van der Waals surface area contributed by atoms with Crippen molar-refractivity contribution in [3.8, 4) is 5.69 Å². The lowest BCUT2D eigenvalue weighted by Crippen LogP contribution is -2.21. The van der Waals surface area contributed by atoms with Gasteiger partial charge in [0.1, 0.15) is 12.1 Å². The van der Waals surface area contributed by atoms with Crippen LogP contribution < -0.4 is 10.6 Å². The van der Waals surface area contributed by atoms with Gasteiger partial charge in [0.15, 0.2) is 0 Å². The highest BCUT2D eigenvalue weighted by atomic mass is 35.5. The van der Waals surface area contributed by atoms with E-state index in [0.29, 0.717) is 27.8 Å². The number of amides is 2. The number of aldehydes is 1. The van der Waals surface area contributed by atoms with Crippen LogP contribution in [0.3, 0.4) is 0 Å². The molecule has 0 aliphatic carbocycles. The molecule has 3 aromatic rings. The summed E-state index contributed by atoms with van der Waals surface area (Å²) in [5.74, 6) is 0.528. The summed E-state index contributed by atoms with van der Waals surface area (Å²) in [6.07, 6.45) is 3.64. The minimum atomic E-state index is -0.392. The van der Waals surface area contributed by atoms with Crippen molar-refractivity contribution in [2.75, 3.05) is 10.6 Å². The number of halogens is 1. The van der Waals surface area contributed by atoms with Gasteiger partial charge in [-0.1, -0.05) is 37.1 Å². The van der Waals surface area contributed by atoms with Crippen LogP contribution in [-0.4, -0.2) is 22.1 Å². The number of unbranched alkanes of at least 4 members (excludes halogenated alkanes) is 1. The molecule has 1 aromatic heterocycles. The molecule has 1 heterocycles. The number of anilines is 2. The molecule has 0 atom stereocenters. The van der Waals surface area contributed by atoms with Crippen LogP contribution in [-0.2, 0) is 6.42 Å². The van der Waals surface area contributed by atoms with Crippen LogP contribution in [0.4, 0.5) is 16.3 Å². The molecular formula is C21H21ClN4O2. The zero-order valence-electron chi connectivity index (χ0n) is 15.5. The molecule has 0 aliphatic rings. The van der Waals surface area contributed by atoms with Crippen molar-refractivity contribution in [2.45, 2.75) is 26.2 Å². The molecule has 144 valence electrons. The van der Waals surface area contributed by atoms with Gasteiger partial charge in [0.2, 0.25) is 0 Å². The highest BCUT2D eigenvalue weighted by Gasteiger charge is 2.13. The third kappa shape index (κ3) is 4.98. The van der Waals surface area contributed by atoms with E-state index in [1.54, 1.807) is 47.1 Å². The number of rotatable bonds is 7. The van der Waals surface area contributed by atoms with Crippen LogP contribution in [0.5, 0.6) is 0 Å². The largest absolute Gasteiger partial charge is 0.324 e. The minimum absolute atomic E-state index is 0.392. The van der Waals surface area contributed by atoms with Gasteiger partial charge in [-0.3, -0.25) is 10.1 Å². The Kier molecular flexibility index (Phi) is 6.45. The fraction of sp³-hybridized carbons (Fsp3) is 0.190. The molecular weight excluding hydrogens is 376 g/mol. The minimum Gasteiger partial charge on any atom is -0.308 e. The Bertz CT molecular complexity index is 967. The maximum Gasteiger partial charge on any atom is 0.324 e. The van der Waals surface area contributed by atoms with Crippen molar-refractivity contribution in [3.63, 3.8) is 0 Å². The van der Waals surface area contributed by atoms with Gasteiger partial charge in [0, 0.05) is 22.3 Å².